The number of rotatable bonds is 8. The van der Waals surface area contributed by atoms with Gasteiger partial charge in [0.2, 0.25) is 11.1 Å². The number of ether oxygens (including phenoxy) is 2. The number of anilines is 1. The predicted octanol–water partition coefficient (Wildman–Crippen LogP) is 5.35. The quantitative estimate of drug-likeness (QED) is 0.343. The monoisotopic (exact) mass is 482 g/mol. The number of esters is 1. The van der Waals surface area contributed by atoms with Gasteiger partial charge in [0.25, 0.3) is 0 Å². The summed E-state index contributed by atoms with van der Waals surface area (Å²) < 4.78 is 26.8. The molecule has 34 heavy (non-hydrogen) atoms. The maximum atomic E-state index is 14.0. The Hall–Kier alpha value is -3.33. The molecule has 0 radical (unpaired) electrons. The van der Waals surface area contributed by atoms with E-state index in [0.717, 1.165) is 11.3 Å². The molecule has 0 fully saturated rings. The molecule has 1 unspecified atom stereocenters. The molecular weight excluding hydrogens is 455 g/mol. The number of hydrogen-bond donors (Lipinski definition) is 1. The third kappa shape index (κ3) is 5.09. The second kappa shape index (κ2) is 10.3. The Morgan fingerprint density at radius 2 is 1.94 bits per heavy atom. The Morgan fingerprint density at radius 3 is 2.62 bits per heavy atom. The van der Waals surface area contributed by atoms with E-state index in [-0.39, 0.29) is 11.9 Å². The van der Waals surface area contributed by atoms with Crippen LogP contribution < -0.4 is 10.1 Å². The number of benzene rings is 2. The fourth-order valence-corrected chi connectivity index (χ4v) is 4.53. The average molecular weight is 483 g/mol. The van der Waals surface area contributed by atoms with Gasteiger partial charge in [0.05, 0.1) is 18.3 Å². The minimum Gasteiger partial charge on any atom is -0.494 e. The average Bonchev–Trinajstić information content (AvgIpc) is 3.20. The molecule has 0 saturated carbocycles. The lowest BCUT2D eigenvalue weighted by atomic mass is 9.95. The van der Waals surface area contributed by atoms with Crippen molar-refractivity contribution in [1.29, 1.82) is 0 Å². The highest BCUT2D eigenvalue weighted by Gasteiger charge is 2.35. The van der Waals surface area contributed by atoms with Crippen molar-refractivity contribution in [3.63, 3.8) is 0 Å². The van der Waals surface area contributed by atoms with Crippen molar-refractivity contribution in [2.75, 3.05) is 11.9 Å². The zero-order valence-corrected chi connectivity index (χ0v) is 20.4. The molecule has 0 spiro atoms. The molecule has 1 N–H and O–H groups in total. The van der Waals surface area contributed by atoms with Crippen LogP contribution in [0.4, 0.5) is 10.3 Å². The third-order valence-corrected chi connectivity index (χ3v) is 6.10. The summed E-state index contributed by atoms with van der Waals surface area (Å²) in [6.07, 6.45) is -0.266. The van der Waals surface area contributed by atoms with Crippen LogP contribution in [0.3, 0.4) is 0 Å². The fraction of sp³-hybridized carbons (Fsp3) is 0.320. The molecule has 3 aromatic rings. The van der Waals surface area contributed by atoms with Gasteiger partial charge in [-0.05, 0) is 57.0 Å². The van der Waals surface area contributed by atoms with Gasteiger partial charge in [0.1, 0.15) is 17.6 Å². The molecule has 4 rings (SSSR count). The Labute approximate surface area is 202 Å². The van der Waals surface area contributed by atoms with Gasteiger partial charge in [0, 0.05) is 11.4 Å². The van der Waals surface area contributed by atoms with E-state index in [4.69, 9.17) is 9.47 Å². The number of allylic oxidation sites excluding steroid dienone is 1. The van der Waals surface area contributed by atoms with Crippen LogP contribution in [-0.4, -0.2) is 33.4 Å². The van der Waals surface area contributed by atoms with Crippen LogP contribution in [0, 0.1) is 5.82 Å². The first kappa shape index (κ1) is 23.8. The zero-order valence-electron chi connectivity index (χ0n) is 19.5. The van der Waals surface area contributed by atoms with Crippen molar-refractivity contribution in [2.24, 2.45) is 0 Å². The Morgan fingerprint density at radius 1 is 1.21 bits per heavy atom. The topological polar surface area (TPSA) is 78.3 Å². The molecule has 0 amide bonds. The summed E-state index contributed by atoms with van der Waals surface area (Å²) in [6, 6.07) is 13.7. The van der Waals surface area contributed by atoms with E-state index in [2.05, 4.69) is 15.4 Å². The number of thioether (sulfide) groups is 1. The molecular formula is C25H27FN4O3S. The van der Waals surface area contributed by atoms with E-state index in [1.165, 1.54) is 17.8 Å². The highest BCUT2D eigenvalue weighted by molar-refractivity contribution is 7.98. The molecule has 0 saturated heterocycles. The minimum absolute atomic E-state index is 0.263. The molecule has 9 heteroatoms. The number of carbonyl (C=O) groups is 1. The van der Waals surface area contributed by atoms with E-state index < -0.39 is 12.0 Å². The SMILES string of the molecule is CCOc1ccc(C2C(C(=O)OC(C)C)=C(C)Nc3nc(SCc4ccccc4F)nn32)cc1. The summed E-state index contributed by atoms with van der Waals surface area (Å²) in [5.41, 5.74) is 2.53. The van der Waals surface area contributed by atoms with Gasteiger partial charge in [-0.25, -0.2) is 13.9 Å². The van der Waals surface area contributed by atoms with Crippen LogP contribution in [0.25, 0.3) is 0 Å². The maximum Gasteiger partial charge on any atom is 0.338 e. The van der Waals surface area contributed by atoms with Crippen molar-refractivity contribution >= 4 is 23.7 Å². The van der Waals surface area contributed by atoms with E-state index in [0.29, 0.717) is 40.3 Å². The summed E-state index contributed by atoms with van der Waals surface area (Å²) in [7, 11) is 0. The fourth-order valence-electron chi connectivity index (χ4n) is 3.71. The van der Waals surface area contributed by atoms with E-state index in [9.17, 15) is 9.18 Å². The summed E-state index contributed by atoms with van der Waals surface area (Å²) in [6.45, 7) is 7.94. The number of nitrogens with zero attached hydrogens (tertiary/aromatic N) is 3. The molecule has 0 bridgehead atoms. The lowest BCUT2D eigenvalue weighted by Crippen LogP contribution is -2.30. The van der Waals surface area contributed by atoms with Crippen LogP contribution in [-0.2, 0) is 15.3 Å². The van der Waals surface area contributed by atoms with Crippen LogP contribution in [0.5, 0.6) is 5.75 Å². The summed E-state index contributed by atoms with van der Waals surface area (Å²) >= 11 is 1.33. The van der Waals surface area contributed by atoms with Gasteiger partial charge in [0.15, 0.2) is 0 Å². The number of hydrogen-bond acceptors (Lipinski definition) is 7. The molecule has 2 heterocycles. The molecule has 1 aliphatic rings. The number of halogens is 1. The van der Waals surface area contributed by atoms with Crippen LogP contribution in [0.2, 0.25) is 0 Å². The lowest BCUT2D eigenvalue weighted by Gasteiger charge is -2.28. The van der Waals surface area contributed by atoms with E-state index >= 15 is 0 Å². The van der Waals surface area contributed by atoms with Crippen molar-refractivity contribution in [3.8, 4) is 5.75 Å². The Balaban J connectivity index is 1.69. The molecule has 1 aliphatic heterocycles. The van der Waals surface area contributed by atoms with Gasteiger partial charge in [-0.15, -0.1) is 5.10 Å². The van der Waals surface area contributed by atoms with Crippen LogP contribution in [0.1, 0.15) is 44.9 Å². The first-order valence-electron chi connectivity index (χ1n) is 11.1. The van der Waals surface area contributed by atoms with Crippen molar-refractivity contribution < 1.29 is 18.7 Å². The van der Waals surface area contributed by atoms with Gasteiger partial charge in [-0.1, -0.05) is 42.1 Å². The number of aromatic nitrogens is 3. The summed E-state index contributed by atoms with van der Waals surface area (Å²) in [5.74, 6) is 0.959. The zero-order chi connectivity index (χ0) is 24.2. The van der Waals surface area contributed by atoms with Gasteiger partial charge in [-0.3, -0.25) is 0 Å². The number of carbonyl (C=O) groups excluding carboxylic acids is 1. The number of fused-ring (bicyclic) bond motifs is 1. The van der Waals surface area contributed by atoms with E-state index in [1.54, 1.807) is 22.9 Å². The molecule has 178 valence electrons. The molecule has 7 nitrogen and oxygen atoms in total. The van der Waals surface area contributed by atoms with Gasteiger partial charge < -0.3 is 14.8 Å². The number of nitrogens with one attached hydrogen (secondary N) is 1. The molecule has 1 aromatic heterocycles. The third-order valence-electron chi connectivity index (χ3n) is 5.22. The van der Waals surface area contributed by atoms with Crippen LogP contribution in [0.15, 0.2) is 65.0 Å². The molecule has 0 aliphatic carbocycles. The highest BCUT2D eigenvalue weighted by atomic mass is 32.2. The van der Waals surface area contributed by atoms with Gasteiger partial charge >= 0.3 is 5.97 Å². The second-order valence-electron chi connectivity index (χ2n) is 8.06. The standard InChI is InChI=1S/C25H27FN4O3S/c1-5-32-19-12-10-17(11-13-19)22-21(23(31)33-15(2)3)16(4)27-24-28-25(29-30(22)24)34-14-18-8-6-7-9-20(18)26/h6-13,15,22H,5,14H2,1-4H3,(H,27,28,29). The van der Waals surface area contributed by atoms with E-state index in [1.807, 2.05) is 52.0 Å². The second-order valence-corrected chi connectivity index (χ2v) is 9.01. The summed E-state index contributed by atoms with van der Waals surface area (Å²) in [5, 5.41) is 8.33. The maximum absolute atomic E-state index is 14.0. The first-order chi connectivity index (χ1) is 16.4. The summed E-state index contributed by atoms with van der Waals surface area (Å²) in [4.78, 5) is 17.7. The van der Waals surface area contributed by atoms with Gasteiger partial charge in [-0.2, -0.15) is 4.98 Å². The highest BCUT2D eigenvalue weighted by Crippen LogP contribution is 2.37. The minimum atomic E-state index is -0.534. The lowest BCUT2D eigenvalue weighted by molar-refractivity contribution is -0.143. The Kier molecular flexibility index (Phi) is 7.21. The smallest absolute Gasteiger partial charge is 0.338 e. The predicted molar refractivity (Wildman–Crippen MR) is 129 cm³/mol. The van der Waals surface area contributed by atoms with Crippen LogP contribution >= 0.6 is 11.8 Å². The van der Waals surface area contributed by atoms with Crippen molar-refractivity contribution in [2.45, 2.75) is 50.8 Å². The Bertz CT molecular complexity index is 1210. The van der Waals surface area contributed by atoms with Crippen molar-refractivity contribution in [1.82, 2.24) is 14.8 Å². The van der Waals surface area contributed by atoms with Crippen molar-refractivity contribution in [3.05, 3.63) is 76.7 Å². The normalized spacial score (nSPS) is 15.2. The largest absolute Gasteiger partial charge is 0.494 e. The molecule has 1 atom stereocenters. The first-order valence-corrected chi connectivity index (χ1v) is 12.1. The molecule has 2 aromatic carbocycles.